The fraction of sp³-hybridized carbons (Fsp3) is 0.263. The van der Waals surface area contributed by atoms with Crippen LogP contribution in [-0.2, 0) is 23.3 Å². The van der Waals surface area contributed by atoms with E-state index >= 15 is 0 Å². The first-order valence-corrected chi connectivity index (χ1v) is 8.18. The summed E-state index contributed by atoms with van der Waals surface area (Å²) in [5, 5.41) is 2.80. The molecule has 2 aromatic carbocycles. The number of hydrogen-bond donors (Lipinski definition) is 1. The molecule has 0 bridgehead atoms. The predicted octanol–water partition coefficient (Wildman–Crippen LogP) is 3.25. The Kier molecular flexibility index (Phi) is 3.56. The van der Waals surface area contributed by atoms with Gasteiger partial charge >= 0.3 is 6.03 Å². The summed E-state index contributed by atoms with van der Waals surface area (Å²) in [6, 6.07) is 10.7. The van der Waals surface area contributed by atoms with Crippen molar-refractivity contribution in [1.29, 1.82) is 0 Å². The van der Waals surface area contributed by atoms with E-state index in [1.165, 1.54) is 12.1 Å². The van der Waals surface area contributed by atoms with Crippen molar-refractivity contribution >= 4 is 11.9 Å². The van der Waals surface area contributed by atoms with Gasteiger partial charge in [-0.05, 0) is 36.5 Å². The Labute approximate surface area is 143 Å². The third kappa shape index (κ3) is 2.32. The summed E-state index contributed by atoms with van der Waals surface area (Å²) in [5.41, 5.74) is 0.697. The zero-order valence-corrected chi connectivity index (χ0v) is 13.4. The van der Waals surface area contributed by atoms with Gasteiger partial charge in [-0.25, -0.2) is 13.6 Å². The standard InChI is InChI=1S/C19H16F2N2O2/c20-15-9-3-6-13(16(15)21)11-23-17(24)19(22-18(23)25)10-4-7-12-5-1-2-8-14(12)19/h1-3,5-6,8-9H,4,7,10-11H2,(H,22,25). The SMILES string of the molecule is O=C1NC2(CCCc3ccccc32)C(=O)N1Cc1cccc(F)c1F. The number of nitrogens with one attached hydrogen (secondary N) is 1. The summed E-state index contributed by atoms with van der Waals surface area (Å²) in [6.07, 6.45) is 2.11. The van der Waals surface area contributed by atoms with Crippen molar-refractivity contribution in [2.75, 3.05) is 0 Å². The van der Waals surface area contributed by atoms with Gasteiger partial charge in [-0.2, -0.15) is 0 Å². The van der Waals surface area contributed by atoms with E-state index in [0.29, 0.717) is 6.42 Å². The number of carbonyl (C=O) groups is 2. The van der Waals surface area contributed by atoms with Crippen LogP contribution in [0.2, 0.25) is 0 Å². The molecule has 25 heavy (non-hydrogen) atoms. The summed E-state index contributed by atoms with van der Waals surface area (Å²) >= 11 is 0. The second-order valence-corrected chi connectivity index (χ2v) is 6.45. The molecule has 1 N–H and O–H groups in total. The number of fused-ring (bicyclic) bond motifs is 2. The first-order chi connectivity index (χ1) is 12.0. The lowest BCUT2D eigenvalue weighted by Gasteiger charge is -2.33. The van der Waals surface area contributed by atoms with Crippen LogP contribution < -0.4 is 5.32 Å². The highest BCUT2D eigenvalue weighted by atomic mass is 19.2. The van der Waals surface area contributed by atoms with E-state index in [9.17, 15) is 18.4 Å². The lowest BCUT2D eigenvalue weighted by Crippen LogP contribution is -2.46. The van der Waals surface area contributed by atoms with Crippen LogP contribution in [0, 0.1) is 11.6 Å². The van der Waals surface area contributed by atoms with E-state index in [1.54, 1.807) is 0 Å². The molecule has 6 heteroatoms. The van der Waals surface area contributed by atoms with Gasteiger partial charge < -0.3 is 5.32 Å². The van der Waals surface area contributed by atoms with E-state index in [1.807, 2.05) is 24.3 Å². The molecule has 1 aliphatic heterocycles. The largest absolute Gasteiger partial charge is 0.325 e. The zero-order chi connectivity index (χ0) is 17.6. The van der Waals surface area contributed by atoms with Gasteiger partial charge in [0.05, 0.1) is 6.54 Å². The number of carbonyl (C=O) groups excluding carboxylic acids is 2. The molecule has 0 saturated carbocycles. The average molecular weight is 342 g/mol. The monoisotopic (exact) mass is 342 g/mol. The maximum atomic E-state index is 13.9. The minimum atomic E-state index is -1.10. The van der Waals surface area contributed by atoms with Crippen molar-refractivity contribution in [2.45, 2.75) is 31.3 Å². The number of rotatable bonds is 2. The average Bonchev–Trinajstić information content (AvgIpc) is 2.84. The Morgan fingerprint density at radius 2 is 1.88 bits per heavy atom. The van der Waals surface area contributed by atoms with Crippen molar-refractivity contribution in [3.05, 3.63) is 70.8 Å². The van der Waals surface area contributed by atoms with Gasteiger partial charge in [0.25, 0.3) is 5.91 Å². The molecule has 1 spiro atoms. The lowest BCUT2D eigenvalue weighted by molar-refractivity contribution is -0.132. The highest BCUT2D eigenvalue weighted by Gasteiger charge is 2.53. The van der Waals surface area contributed by atoms with E-state index in [-0.39, 0.29) is 12.1 Å². The topological polar surface area (TPSA) is 49.4 Å². The van der Waals surface area contributed by atoms with Gasteiger partial charge in [0, 0.05) is 5.56 Å². The lowest BCUT2D eigenvalue weighted by atomic mass is 9.76. The van der Waals surface area contributed by atoms with Gasteiger partial charge in [-0.3, -0.25) is 9.69 Å². The third-order valence-electron chi connectivity index (χ3n) is 5.01. The molecule has 0 aromatic heterocycles. The van der Waals surface area contributed by atoms with Crippen LogP contribution in [0.1, 0.15) is 29.5 Å². The quantitative estimate of drug-likeness (QED) is 0.852. The van der Waals surface area contributed by atoms with Crippen LogP contribution in [0.3, 0.4) is 0 Å². The number of nitrogens with zero attached hydrogens (tertiary/aromatic N) is 1. The summed E-state index contributed by atoms with van der Waals surface area (Å²) in [7, 11) is 0. The molecular formula is C19H16F2N2O2. The number of imide groups is 1. The second-order valence-electron chi connectivity index (χ2n) is 6.45. The molecule has 3 amide bonds. The van der Waals surface area contributed by atoms with Gasteiger partial charge in [0.1, 0.15) is 5.54 Å². The Bertz CT molecular complexity index is 883. The first-order valence-electron chi connectivity index (χ1n) is 8.18. The summed E-state index contributed by atoms with van der Waals surface area (Å²) in [6.45, 7) is -0.293. The molecule has 2 aliphatic rings. The molecule has 4 nitrogen and oxygen atoms in total. The number of benzene rings is 2. The van der Waals surface area contributed by atoms with Crippen molar-refractivity contribution in [1.82, 2.24) is 10.2 Å². The van der Waals surface area contributed by atoms with Gasteiger partial charge in [-0.1, -0.05) is 36.4 Å². The van der Waals surface area contributed by atoms with Crippen LogP contribution in [0.5, 0.6) is 0 Å². The van der Waals surface area contributed by atoms with Crippen molar-refractivity contribution in [3.8, 4) is 0 Å². The van der Waals surface area contributed by atoms with E-state index in [2.05, 4.69) is 5.32 Å². The molecule has 2 aromatic rings. The number of halogens is 2. The zero-order valence-electron chi connectivity index (χ0n) is 13.4. The van der Waals surface area contributed by atoms with E-state index in [0.717, 1.165) is 34.9 Å². The van der Waals surface area contributed by atoms with Crippen LogP contribution >= 0.6 is 0 Å². The molecule has 1 fully saturated rings. The summed E-state index contributed by atoms with van der Waals surface area (Å²) in [5.74, 6) is -2.44. The summed E-state index contributed by atoms with van der Waals surface area (Å²) < 4.78 is 27.4. The number of amides is 3. The Balaban J connectivity index is 1.71. The molecule has 1 aliphatic carbocycles. The van der Waals surface area contributed by atoms with Crippen LogP contribution in [-0.4, -0.2) is 16.8 Å². The molecule has 1 heterocycles. The smallest absolute Gasteiger partial charge is 0.319 e. The molecule has 1 saturated heterocycles. The first kappa shape index (κ1) is 15.7. The molecule has 4 rings (SSSR count). The molecule has 1 unspecified atom stereocenters. The molecule has 128 valence electrons. The normalized spacial score (nSPS) is 22.2. The van der Waals surface area contributed by atoms with Gasteiger partial charge in [0.2, 0.25) is 0 Å². The predicted molar refractivity (Wildman–Crippen MR) is 86.5 cm³/mol. The van der Waals surface area contributed by atoms with Crippen molar-refractivity contribution in [2.24, 2.45) is 0 Å². The van der Waals surface area contributed by atoms with Crippen LogP contribution in [0.15, 0.2) is 42.5 Å². The molecular weight excluding hydrogens is 326 g/mol. The fourth-order valence-electron chi connectivity index (χ4n) is 3.80. The fourth-order valence-corrected chi connectivity index (χ4v) is 3.80. The van der Waals surface area contributed by atoms with Gasteiger partial charge in [-0.15, -0.1) is 0 Å². The van der Waals surface area contributed by atoms with E-state index < -0.39 is 29.1 Å². The Morgan fingerprint density at radius 1 is 1.08 bits per heavy atom. The maximum absolute atomic E-state index is 13.9. The highest BCUT2D eigenvalue weighted by molar-refractivity contribution is 6.07. The number of aryl methyl sites for hydroxylation is 1. The van der Waals surface area contributed by atoms with Crippen LogP contribution in [0.25, 0.3) is 0 Å². The second kappa shape index (κ2) is 5.65. The minimum Gasteiger partial charge on any atom is -0.319 e. The highest BCUT2D eigenvalue weighted by Crippen LogP contribution is 2.40. The van der Waals surface area contributed by atoms with Gasteiger partial charge in [0.15, 0.2) is 11.6 Å². The minimum absolute atomic E-state index is 0.0235. The maximum Gasteiger partial charge on any atom is 0.325 e. The number of urea groups is 1. The van der Waals surface area contributed by atoms with Crippen LogP contribution in [0.4, 0.5) is 13.6 Å². The van der Waals surface area contributed by atoms with Crippen molar-refractivity contribution in [3.63, 3.8) is 0 Å². The molecule has 0 radical (unpaired) electrons. The van der Waals surface area contributed by atoms with E-state index in [4.69, 9.17) is 0 Å². The Hall–Kier alpha value is -2.76. The third-order valence-corrected chi connectivity index (χ3v) is 5.01. The number of hydrogen-bond acceptors (Lipinski definition) is 2. The summed E-state index contributed by atoms with van der Waals surface area (Å²) in [4.78, 5) is 26.5. The Morgan fingerprint density at radius 3 is 2.72 bits per heavy atom. The molecule has 1 atom stereocenters. The van der Waals surface area contributed by atoms with Crippen molar-refractivity contribution < 1.29 is 18.4 Å².